The average molecular weight is 446 g/mol. The lowest BCUT2D eigenvalue weighted by molar-refractivity contribution is -0.0768. The average Bonchev–Trinajstić information content (AvgIpc) is 2.77. The van der Waals surface area contributed by atoms with E-state index in [0.29, 0.717) is 37.3 Å². The molecule has 5 nitrogen and oxygen atoms in total. The maximum absolute atomic E-state index is 13.2. The molecule has 1 heterocycles. The molecule has 0 aromatic heterocycles. The number of benzene rings is 1. The summed E-state index contributed by atoms with van der Waals surface area (Å²) in [7, 11) is 0. The Morgan fingerprint density at radius 1 is 1.06 bits per heavy atom. The van der Waals surface area contributed by atoms with E-state index in [2.05, 4.69) is 4.90 Å². The standard InChI is InChI=1S/C26H36FNO4/c27-23-3-1-22(2-4-23)25(29)32-24(17-28-6-9-30-10-7-28)18-31-8-5-26-14-19-11-20(15-26)13-21(12-19)16-26/h1-4,19-21,24H,5-18H2/t19?,20?,21?,24-,26?/m1/s1. The van der Waals surface area contributed by atoms with E-state index in [1.807, 2.05) is 0 Å². The first-order chi connectivity index (χ1) is 15.6. The van der Waals surface area contributed by atoms with Crippen LogP contribution in [0, 0.1) is 29.0 Å². The number of ether oxygens (including phenoxy) is 3. The van der Waals surface area contributed by atoms with Gasteiger partial charge in [0, 0.05) is 26.2 Å². The van der Waals surface area contributed by atoms with Gasteiger partial charge in [-0.2, -0.15) is 0 Å². The zero-order valence-corrected chi connectivity index (χ0v) is 19.0. The molecule has 0 spiro atoms. The number of rotatable bonds is 9. The molecule has 6 rings (SSSR count). The molecule has 1 atom stereocenters. The molecule has 4 saturated carbocycles. The van der Waals surface area contributed by atoms with Crippen LogP contribution in [0.3, 0.4) is 0 Å². The van der Waals surface area contributed by atoms with Gasteiger partial charge in [0.15, 0.2) is 0 Å². The first-order valence-corrected chi connectivity index (χ1v) is 12.4. The van der Waals surface area contributed by atoms with E-state index in [4.69, 9.17) is 14.2 Å². The van der Waals surface area contributed by atoms with Crippen molar-refractivity contribution in [1.29, 1.82) is 0 Å². The van der Waals surface area contributed by atoms with Crippen molar-refractivity contribution in [2.45, 2.75) is 51.0 Å². The number of nitrogens with zero attached hydrogens (tertiary/aromatic N) is 1. The van der Waals surface area contributed by atoms with Crippen LogP contribution in [-0.4, -0.2) is 63.0 Å². The summed E-state index contributed by atoms with van der Waals surface area (Å²) in [6.45, 7) is 4.83. The number of carbonyl (C=O) groups excluding carboxylic acids is 1. The third-order valence-corrected chi connectivity index (χ3v) is 8.16. The smallest absolute Gasteiger partial charge is 0.338 e. The molecular weight excluding hydrogens is 409 g/mol. The molecule has 5 fully saturated rings. The van der Waals surface area contributed by atoms with Crippen LogP contribution in [0.5, 0.6) is 0 Å². The molecular formula is C26H36FNO4. The Morgan fingerprint density at radius 2 is 1.69 bits per heavy atom. The van der Waals surface area contributed by atoms with Crippen molar-refractivity contribution < 1.29 is 23.4 Å². The summed E-state index contributed by atoms with van der Waals surface area (Å²) in [5, 5.41) is 0. The molecule has 0 N–H and O–H groups in total. The van der Waals surface area contributed by atoms with Gasteiger partial charge < -0.3 is 14.2 Å². The van der Waals surface area contributed by atoms with Crippen molar-refractivity contribution in [2.24, 2.45) is 23.2 Å². The second kappa shape index (κ2) is 9.78. The molecule has 0 radical (unpaired) electrons. The largest absolute Gasteiger partial charge is 0.455 e. The van der Waals surface area contributed by atoms with E-state index in [0.717, 1.165) is 43.9 Å². The van der Waals surface area contributed by atoms with Crippen molar-refractivity contribution in [2.75, 3.05) is 46.1 Å². The molecule has 176 valence electrons. The number of hydrogen-bond donors (Lipinski definition) is 0. The van der Waals surface area contributed by atoms with Crippen LogP contribution < -0.4 is 0 Å². The fourth-order valence-corrected chi connectivity index (χ4v) is 7.10. The predicted octanol–water partition coefficient (Wildman–Crippen LogP) is 4.31. The van der Waals surface area contributed by atoms with Crippen molar-refractivity contribution in [1.82, 2.24) is 4.90 Å². The van der Waals surface area contributed by atoms with Gasteiger partial charge in [0.1, 0.15) is 11.9 Å². The highest BCUT2D eigenvalue weighted by Crippen LogP contribution is 2.61. The number of carbonyl (C=O) groups is 1. The number of esters is 1. The Balaban J connectivity index is 1.14. The van der Waals surface area contributed by atoms with Gasteiger partial charge in [-0.3, -0.25) is 4.90 Å². The van der Waals surface area contributed by atoms with Gasteiger partial charge in [-0.1, -0.05) is 0 Å². The topological polar surface area (TPSA) is 48.0 Å². The summed E-state index contributed by atoms with van der Waals surface area (Å²) in [6, 6.07) is 5.51. The molecule has 1 aromatic rings. The summed E-state index contributed by atoms with van der Waals surface area (Å²) >= 11 is 0. The van der Waals surface area contributed by atoms with Gasteiger partial charge in [0.05, 0.1) is 25.4 Å². The van der Waals surface area contributed by atoms with E-state index >= 15 is 0 Å². The fraction of sp³-hybridized carbons (Fsp3) is 0.731. The van der Waals surface area contributed by atoms with Crippen molar-refractivity contribution >= 4 is 5.97 Å². The predicted molar refractivity (Wildman–Crippen MR) is 119 cm³/mol. The van der Waals surface area contributed by atoms with Crippen LogP contribution in [0.4, 0.5) is 4.39 Å². The van der Waals surface area contributed by atoms with Crippen molar-refractivity contribution in [3.05, 3.63) is 35.6 Å². The molecule has 6 heteroatoms. The van der Waals surface area contributed by atoms with E-state index in [9.17, 15) is 9.18 Å². The minimum absolute atomic E-state index is 0.345. The SMILES string of the molecule is O=C(O[C@@H](COCCC12CC3CC(CC(C3)C1)C2)CN1CCOCC1)c1ccc(F)cc1. The number of halogens is 1. The van der Waals surface area contributed by atoms with Gasteiger partial charge in [-0.25, -0.2) is 9.18 Å². The highest BCUT2D eigenvalue weighted by Gasteiger charge is 2.50. The Kier molecular flexibility index (Phi) is 6.81. The van der Waals surface area contributed by atoms with Crippen LogP contribution in [0.25, 0.3) is 0 Å². The van der Waals surface area contributed by atoms with Crippen LogP contribution in [0.2, 0.25) is 0 Å². The Bertz CT molecular complexity index is 741. The number of morpholine rings is 1. The second-order valence-electron chi connectivity index (χ2n) is 10.7. The molecule has 4 bridgehead atoms. The van der Waals surface area contributed by atoms with Crippen LogP contribution in [0.1, 0.15) is 55.3 Å². The monoisotopic (exact) mass is 445 g/mol. The molecule has 4 aliphatic carbocycles. The summed E-state index contributed by atoms with van der Waals surface area (Å²) in [5.41, 5.74) is 0.867. The van der Waals surface area contributed by atoms with Crippen molar-refractivity contribution in [3.8, 4) is 0 Å². The highest BCUT2D eigenvalue weighted by molar-refractivity contribution is 5.89. The maximum atomic E-state index is 13.2. The third-order valence-electron chi connectivity index (χ3n) is 8.16. The van der Waals surface area contributed by atoms with E-state index < -0.39 is 5.97 Å². The molecule has 1 aromatic carbocycles. The summed E-state index contributed by atoms with van der Waals surface area (Å²) in [6.07, 6.45) is 9.33. The Morgan fingerprint density at radius 3 is 2.31 bits per heavy atom. The first-order valence-electron chi connectivity index (χ1n) is 12.4. The van der Waals surface area contributed by atoms with Crippen LogP contribution in [0.15, 0.2) is 24.3 Å². The minimum Gasteiger partial charge on any atom is -0.455 e. The van der Waals surface area contributed by atoms with Gasteiger partial charge >= 0.3 is 5.97 Å². The Hall–Kier alpha value is -1.50. The zero-order chi connectivity index (χ0) is 22.0. The number of hydrogen-bond acceptors (Lipinski definition) is 5. The Labute approximate surface area is 190 Å². The quantitative estimate of drug-likeness (QED) is 0.419. The van der Waals surface area contributed by atoms with E-state index in [-0.39, 0.29) is 11.9 Å². The fourth-order valence-electron chi connectivity index (χ4n) is 7.10. The van der Waals surface area contributed by atoms with Crippen LogP contribution >= 0.6 is 0 Å². The second-order valence-corrected chi connectivity index (χ2v) is 10.7. The molecule has 0 amide bonds. The van der Waals surface area contributed by atoms with E-state index in [1.54, 1.807) is 0 Å². The van der Waals surface area contributed by atoms with Gasteiger partial charge in [0.2, 0.25) is 0 Å². The zero-order valence-electron chi connectivity index (χ0n) is 19.0. The lowest BCUT2D eigenvalue weighted by Gasteiger charge is -2.57. The van der Waals surface area contributed by atoms with Crippen molar-refractivity contribution in [3.63, 3.8) is 0 Å². The normalized spacial score (nSPS) is 32.7. The van der Waals surface area contributed by atoms with Crippen LogP contribution in [-0.2, 0) is 14.2 Å². The highest BCUT2D eigenvalue weighted by atomic mass is 19.1. The molecule has 0 unspecified atom stereocenters. The van der Waals surface area contributed by atoms with Gasteiger partial charge in [-0.05, 0) is 92.4 Å². The summed E-state index contributed by atoms with van der Waals surface area (Å²) in [5.74, 6) is 2.07. The molecule has 1 saturated heterocycles. The lowest BCUT2D eigenvalue weighted by Crippen LogP contribution is -2.46. The summed E-state index contributed by atoms with van der Waals surface area (Å²) < 4.78 is 30.6. The third kappa shape index (κ3) is 5.35. The minimum atomic E-state index is -0.423. The van der Waals surface area contributed by atoms with Gasteiger partial charge in [0.25, 0.3) is 0 Å². The van der Waals surface area contributed by atoms with E-state index in [1.165, 1.54) is 62.8 Å². The molecule has 1 aliphatic heterocycles. The molecule has 32 heavy (non-hydrogen) atoms. The first kappa shape index (κ1) is 22.3. The maximum Gasteiger partial charge on any atom is 0.338 e. The van der Waals surface area contributed by atoms with Gasteiger partial charge in [-0.15, -0.1) is 0 Å². The lowest BCUT2D eigenvalue weighted by atomic mass is 9.49. The molecule has 5 aliphatic rings. The summed E-state index contributed by atoms with van der Waals surface area (Å²) in [4.78, 5) is 14.9.